The summed E-state index contributed by atoms with van der Waals surface area (Å²) >= 11 is 14.7. The molecule has 2 amide bonds. The number of nitrogens with zero attached hydrogens (tertiary/aromatic N) is 1. The minimum Gasteiger partial charge on any atom is -0.298 e. The van der Waals surface area contributed by atoms with Crippen molar-refractivity contribution in [3.8, 4) is 0 Å². The molecule has 0 radical (unpaired) electrons. The van der Waals surface area contributed by atoms with Gasteiger partial charge >= 0.3 is 0 Å². The van der Waals surface area contributed by atoms with Gasteiger partial charge in [0.2, 0.25) is 0 Å². The van der Waals surface area contributed by atoms with E-state index in [1.165, 1.54) is 16.2 Å². The first-order valence-electron chi connectivity index (χ1n) is 6.37. The van der Waals surface area contributed by atoms with E-state index in [0.717, 1.165) is 8.45 Å². The predicted molar refractivity (Wildman–Crippen MR) is 105 cm³/mol. The second kappa shape index (κ2) is 6.68. The standard InChI is InChI=1S/C15H8ClIN2O2S2/c16-9-1-3-10(4-2-9)19-14(21)11(13(20)18-15(19)22)7-8-5-6-23-12(8)17/h1-7H,(H,18,20,22). The first kappa shape index (κ1) is 16.6. The van der Waals surface area contributed by atoms with Gasteiger partial charge in [-0.2, -0.15) is 0 Å². The van der Waals surface area contributed by atoms with Gasteiger partial charge in [0.05, 0.1) is 8.57 Å². The lowest BCUT2D eigenvalue weighted by Crippen LogP contribution is -2.54. The number of thiocarbonyl (C=S) groups is 1. The van der Waals surface area contributed by atoms with Crippen LogP contribution in [0.5, 0.6) is 0 Å². The molecule has 1 N–H and O–H groups in total. The number of carbonyl (C=O) groups excluding carboxylic acids is 2. The second-order valence-corrected chi connectivity index (χ2v) is 8.13. The third-order valence-corrected chi connectivity index (χ3v) is 5.77. The Morgan fingerprint density at radius 1 is 1.22 bits per heavy atom. The van der Waals surface area contributed by atoms with Gasteiger partial charge in [-0.25, -0.2) is 0 Å². The summed E-state index contributed by atoms with van der Waals surface area (Å²) in [5.41, 5.74) is 1.43. The van der Waals surface area contributed by atoms with Gasteiger partial charge in [0.25, 0.3) is 11.8 Å². The molecule has 8 heteroatoms. The van der Waals surface area contributed by atoms with E-state index < -0.39 is 11.8 Å². The highest BCUT2D eigenvalue weighted by molar-refractivity contribution is 14.1. The quantitative estimate of drug-likeness (QED) is 0.311. The number of thiophene rings is 1. The van der Waals surface area contributed by atoms with Crippen LogP contribution in [0.3, 0.4) is 0 Å². The van der Waals surface area contributed by atoms with Crippen LogP contribution >= 0.6 is 57.7 Å². The van der Waals surface area contributed by atoms with Crippen LogP contribution in [0.1, 0.15) is 5.56 Å². The summed E-state index contributed by atoms with van der Waals surface area (Å²) in [7, 11) is 0. The van der Waals surface area contributed by atoms with Crippen LogP contribution in [0.4, 0.5) is 5.69 Å². The van der Waals surface area contributed by atoms with Crippen LogP contribution in [0.15, 0.2) is 41.3 Å². The van der Waals surface area contributed by atoms with Crippen LogP contribution in [0.25, 0.3) is 6.08 Å². The lowest BCUT2D eigenvalue weighted by Gasteiger charge is -2.28. The van der Waals surface area contributed by atoms with E-state index in [1.807, 2.05) is 11.4 Å². The Hall–Kier alpha value is -1.29. The number of halogens is 2. The van der Waals surface area contributed by atoms with Crippen molar-refractivity contribution in [2.45, 2.75) is 0 Å². The molecule has 116 valence electrons. The molecule has 1 aromatic carbocycles. The molecule has 0 saturated carbocycles. The molecule has 0 bridgehead atoms. The number of hydrogen-bond donors (Lipinski definition) is 1. The maximum Gasteiger partial charge on any atom is 0.270 e. The van der Waals surface area contributed by atoms with Gasteiger partial charge in [-0.05, 0) is 82.2 Å². The minimum atomic E-state index is -0.493. The zero-order chi connectivity index (χ0) is 16.6. The van der Waals surface area contributed by atoms with Crippen LogP contribution in [-0.2, 0) is 9.59 Å². The summed E-state index contributed by atoms with van der Waals surface area (Å²) in [6.07, 6.45) is 1.58. The van der Waals surface area contributed by atoms with Crippen molar-refractivity contribution >= 4 is 86.4 Å². The van der Waals surface area contributed by atoms with Crippen molar-refractivity contribution in [1.82, 2.24) is 5.32 Å². The molecule has 1 fully saturated rings. The van der Waals surface area contributed by atoms with Crippen molar-refractivity contribution in [1.29, 1.82) is 0 Å². The molecule has 1 aliphatic heterocycles. The topological polar surface area (TPSA) is 49.4 Å². The zero-order valence-corrected chi connectivity index (χ0v) is 15.9. The fourth-order valence-corrected chi connectivity index (χ4v) is 3.82. The fourth-order valence-electron chi connectivity index (χ4n) is 2.04. The van der Waals surface area contributed by atoms with Gasteiger partial charge < -0.3 is 0 Å². The number of carbonyl (C=O) groups is 2. The second-order valence-electron chi connectivity index (χ2n) is 4.58. The SMILES string of the molecule is O=C1NC(=S)N(c2ccc(Cl)cc2)C(=O)C1=Cc1ccsc1I. The van der Waals surface area contributed by atoms with Crippen LogP contribution in [0, 0.1) is 2.88 Å². The third-order valence-electron chi connectivity index (χ3n) is 3.13. The molecule has 0 atom stereocenters. The van der Waals surface area contributed by atoms with Crippen molar-refractivity contribution in [2.75, 3.05) is 4.90 Å². The Morgan fingerprint density at radius 3 is 2.52 bits per heavy atom. The molecule has 1 aromatic heterocycles. The summed E-state index contributed by atoms with van der Waals surface area (Å²) in [5, 5.41) is 5.06. The Morgan fingerprint density at radius 2 is 1.91 bits per heavy atom. The van der Waals surface area contributed by atoms with Gasteiger partial charge in [0.1, 0.15) is 5.57 Å². The van der Waals surface area contributed by atoms with Gasteiger partial charge in [0, 0.05) is 5.02 Å². The summed E-state index contributed by atoms with van der Waals surface area (Å²) in [4.78, 5) is 26.2. The van der Waals surface area contributed by atoms with E-state index in [9.17, 15) is 9.59 Å². The molecule has 1 aliphatic rings. The summed E-state index contributed by atoms with van der Waals surface area (Å²) in [5.74, 6) is -0.949. The number of rotatable bonds is 2. The molecule has 2 aromatic rings. The van der Waals surface area contributed by atoms with Crippen LogP contribution in [0.2, 0.25) is 5.02 Å². The molecular formula is C15H8ClIN2O2S2. The Balaban J connectivity index is 2.02. The zero-order valence-electron chi connectivity index (χ0n) is 11.4. The molecule has 0 aliphatic carbocycles. The molecule has 0 unspecified atom stereocenters. The minimum absolute atomic E-state index is 0.0462. The fraction of sp³-hybridized carbons (Fsp3) is 0. The Kier molecular flexibility index (Phi) is 4.81. The normalized spacial score (nSPS) is 16.9. The Labute approximate surface area is 160 Å². The number of hydrogen-bond acceptors (Lipinski definition) is 4. The van der Waals surface area contributed by atoms with Gasteiger partial charge in [-0.3, -0.25) is 19.8 Å². The van der Waals surface area contributed by atoms with Crippen molar-refractivity contribution in [3.05, 3.63) is 54.8 Å². The van der Waals surface area contributed by atoms with E-state index in [1.54, 1.807) is 30.3 Å². The molecular weight excluding hydrogens is 467 g/mol. The van der Waals surface area contributed by atoms with Crippen molar-refractivity contribution < 1.29 is 9.59 Å². The molecule has 0 spiro atoms. The van der Waals surface area contributed by atoms with Gasteiger partial charge in [-0.15, -0.1) is 11.3 Å². The first-order valence-corrected chi connectivity index (χ1v) is 9.12. The molecule has 3 rings (SSSR count). The molecule has 23 heavy (non-hydrogen) atoms. The van der Waals surface area contributed by atoms with Gasteiger partial charge in [-0.1, -0.05) is 11.6 Å². The van der Waals surface area contributed by atoms with E-state index in [0.29, 0.717) is 10.7 Å². The monoisotopic (exact) mass is 474 g/mol. The summed E-state index contributed by atoms with van der Waals surface area (Å²) < 4.78 is 1.00. The van der Waals surface area contributed by atoms with E-state index in [-0.39, 0.29) is 10.7 Å². The van der Waals surface area contributed by atoms with Gasteiger partial charge in [0.15, 0.2) is 5.11 Å². The van der Waals surface area contributed by atoms with Crippen molar-refractivity contribution in [3.63, 3.8) is 0 Å². The highest BCUT2D eigenvalue weighted by Crippen LogP contribution is 2.26. The predicted octanol–water partition coefficient (Wildman–Crippen LogP) is 3.84. The van der Waals surface area contributed by atoms with Crippen LogP contribution in [-0.4, -0.2) is 16.9 Å². The third kappa shape index (κ3) is 3.32. The van der Waals surface area contributed by atoms with E-state index >= 15 is 0 Å². The highest BCUT2D eigenvalue weighted by atomic mass is 127. The number of amides is 2. The number of nitrogens with one attached hydrogen (secondary N) is 1. The largest absolute Gasteiger partial charge is 0.298 e. The molecule has 2 heterocycles. The van der Waals surface area contributed by atoms with Crippen LogP contribution < -0.4 is 10.2 Å². The maximum atomic E-state index is 12.7. The lowest BCUT2D eigenvalue weighted by molar-refractivity contribution is -0.122. The number of benzene rings is 1. The smallest absolute Gasteiger partial charge is 0.270 e. The lowest BCUT2D eigenvalue weighted by atomic mass is 10.1. The Bertz CT molecular complexity index is 845. The summed E-state index contributed by atoms with van der Waals surface area (Å²) in [6.45, 7) is 0. The number of anilines is 1. The average molecular weight is 475 g/mol. The average Bonchev–Trinajstić information content (AvgIpc) is 2.90. The molecule has 1 saturated heterocycles. The first-order chi connectivity index (χ1) is 11.0. The van der Waals surface area contributed by atoms with E-state index in [4.69, 9.17) is 23.8 Å². The molecule has 4 nitrogen and oxygen atoms in total. The highest BCUT2D eigenvalue weighted by Gasteiger charge is 2.34. The van der Waals surface area contributed by atoms with Crippen molar-refractivity contribution in [2.24, 2.45) is 0 Å². The van der Waals surface area contributed by atoms with E-state index in [2.05, 4.69) is 27.9 Å². The maximum absolute atomic E-state index is 12.7. The summed E-state index contributed by atoms with van der Waals surface area (Å²) in [6, 6.07) is 8.54.